The van der Waals surface area contributed by atoms with Gasteiger partial charge in [-0.15, -0.1) is 0 Å². The number of fused-ring (bicyclic) bond motifs is 1. The van der Waals surface area contributed by atoms with Gasteiger partial charge >= 0.3 is 0 Å². The van der Waals surface area contributed by atoms with E-state index in [-0.39, 0.29) is 5.91 Å². The molecule has 1 aromatic heterocycles. The first-order chi connectivity index (χ1) is 11.2. The van der Waals surface area contributed by atoms with E-state index in [1.54, 1.807) is 42.6 Å². The van der Waals surface area contributed by atoms with E-state index < -0.39 is 5.72 Å². The van der Waals surface area contributed by atoms with Crippen LogP contribution in [0.5, 0.6) is 0 Å². The molecule has 3 aromatic rings. The van der Waals surface area contributed by atoms with E-state index in [0.29, 0.717) is 22.5 Å². The van der Waals surface area contributed by atoms with Crippen molar-refractivity contribution >= 4 is 11.7 Å². The Morgan fingerprint density at radius 2 is 1.57 bits per heavy atom. The Bertz CT molecular complexity index is 865. The standard InChI is InChI=1S/C19H14N2O2/c22-18-15-10-4-5-11-16(15)19(23,14-8-2-1-3-9-14)21(18)17-12-6-7-13-20-17/h1-13,23H. The molecule has 1 unspecified atom stereocenters. The van der Waals surface area contributed by atoms with E-state index in [1.165, 1.54) is 4.90 Å². The zero-order valence-electron chi connectivity index (χ0n) is 12.3. The minimum atomic E-state index is -1.57. The molecule has 2 heterocycles. The second-order valence-corrected chi connectivity index (χ2v) is 5.41. The number of aliphatic hydroxyl groups is 1. The molecule has 0 bridgehead atoms. The first kappa shape index (κ1) is 13.7. The SMILES string of the molecule is O=C1c2ccccc2C(O)(c2ccccc2)N1c1ccccn1. The highest BCUT2D eigenvalue weighted by molar-refractivity contribution is 6.11. The van der Waals surface area contributed by atoms with Crippen molar-refractivity contribution in [1.82, 2.24) is 4.98 Å². The predicted molar refractivity (Wildman–Crippen MR) is 86.9 cm³/mol. The van der Waals surface area contributed by atoms with Crippen LogP contribution in [0.4, 0.5) is 5.82 Å². The number of aromatic nitrogens is 1. The second kappa shape index (κ2) is 5.04. The average molecular weight is 302 g/mol. The molecule has 23 heavy (non-hydrogen) atoms. The molecule has 1 aliphatic rings. The van der Waals surface area contributed by atoms with Gasteiger partial charge in [0.25, 0.3) is 5.91 Å². The van der Waals surface area contributed by atoms with Gasteiger partial charge < -0.3 is 5.11 Å². The van der Waals surface area contributed by atoms with Crippen LogP contribution in [0.25, 0.3) is 0 Å². The third-order valence-corrected chi connectivity index (χ3v) is 4.11. The number of rotatable bonds is 2. The smallest absolute Gasteiger partial charge is 0.262 e. The third-order valence-electron chi connectivity index (χ3n) is 4.11. The lowest BCUT2D eigenvalue weighted by molar-refractivity contribution is 0.0698. The van der Waals surface area contributed by atoms with Crippen LogP contribution >= 0.6 is 0 Å². The lowest BCUT2D eigenvalue weighted by Gasteiger charge is -2.33. The van der Waals surface area contributed by atoms with Crippen molar-refractivity contribution in [1.29, 1.82) is 0 Å². The molecule has 1 atom stereocenters. The Labute approximate surface area is 133 Å². The largest absolute Gasteiger partial charge is 0.363 e. The summed E-state index contributed by atoms with van der Waals surface area (Å²) in [6.07, 6.45) is 1.61. The molecule has 1 aliphatic heterocycles. The van der Waals surface area contributed by atoms with E-state index >= 15 is 0 Å². The minimum Gasteiger partial charge on any atom is -0.363 e. The third kappa shape index (κ3) is 1.89. The van der Waals surface area contributed by atoms with E-state index in [9.17, 15) is 9.90 Å². The molecule has 0 saturated heterocycles. The molecule has 4 heteroatoms. The van der Waals surface area contributed by atoms with Gasteiger partial charge in [-0.2, -0.15) is 0 Å². The molecule has 2 aromatic carbocycles. The van der Waals surface area contributed by atoms with Crippen molar-refractivity contribution in [3.63, 3.8) is 0 Å². The Balaban J connectivity index is 2.01. The fourth-order valence-corrected chi connectivity index (χ4v) is 3.07. The van der Waals surface area contributed by atoms with Crippen LogP contribution in [0, 0.1) is 0 Å². The normalized spacial score (nSPS) is 19.7. The number of amides is 1. The van der Waals surface area contributed by atoms with Crippen LogP contribution in [-0.2, 0) is 5.72 Å². The molecule has 112 valence electrons. The van der Waals surface area contributed by atoms with Crippen molar-refractivity contribution in [3.8, 4) is 0 Å². The molecule has 0 fully saturated rings. The zero-order valence-corrected chi connectivity index (χ0v) is 12.3. The summed E-state index contributed by atoms with van der Waals surface area (Å²) in [7, 11) is 0. The maximum Gasteiger partial charge on any atom is 0.262 e. The minimum absolute atomic E-state index is 0.259. The average Bonchev–Trinajstić information content (AvgIpc) is 2.86. The number of hydrogen-bond donors (Lipinski definition) is 1. The first-order valence-corrected chi connectivity index (χ1v) is 7.36. The summed E-state index contributed by atoms with van der Waals surface area (Å²) >= 11 is 0. The molecule has 4 nitrogen and oxygen atoms in total. The van der Waals surface area contributed by atoms with Crippen LogP contribution in [0.15, 0.2) is 79.0 Å². The van der Waals surface area contributed by atoms with Gasteiger partial charge in [0.1, 0.15) is 5.82 Å². The Kier molecular flexibility index (Phi) is 2.99. The van der Waals surface area contributed by atoms with Crippen LogP contribution in [0.3, 0.4) is 0 Å². The van der Waals surface area contributed by atoms with Gasteiger partial charge in [-0.3, -0.25) is 9.69 Å². The fourth-order valence-electron chi connectivity index (χ4n) is 3.07. The quantitative estimate of drug-likeness (QED) is 0.792. The lowest BCUT2D eigenvalue weighted by Crippen LogP contribution is -2.45. The monoisotopic (exact) mass is 302 g/mol. The van der Waals surface area contributed by atoms with Gasteiger partial charge in [-0.05, 0) is 18.2 Å². The molecule has 0 saturated carbocycles. The number of carbonyl (C=O) groups is 1. The zero-order chi connectivity index (χ0) is 15.9. The molecule has 0 aliphatic carbocycles. The molecule has 4 rings (SSSR count). The summed E-state index contributed by atoms with van der Waals surface area (Å²) in [6.45, 7) is 0. The summed E-state index contributed by atoms with van der Waals surface area (Å²) in [5.74, 6) is 0.158. The van der Waals surface area contributed by atoms with Crippen molar-refractivity contribution in [2.45, 2.75) is 5.72 Å². The number of nitrogens with zero attached hydrogens (tertiary/aromatic N) is 2. The summed E-state index contributed by atoms with van der Waals surface area (Å²) in [4.78, 5) is 18.5. The highest BCUT2D eigenvalue weighted by atomic mass is 16.3. The lowest BCUT2D eigenvalue weighted by atomic mass is 9.94. The van der Waals surface area contributed by atoms with E-state index in [1.807, 2.05) is 36.4 Å². The molecular weight excluding hydrogens is 288 g/mol. The van der Waals surface area contributed by atoms with Gasteiger partial charge in [0.05, 0.1) is 0 Å². The maximum atomic E-state index is 12.9. The van der Waals surface area contributed by atoms with Gasteiger partial charge in [0, 0.05) is 22.9 Å². The van der Waals surface area contributed by atoms with Gasteiger partial charge in [-0.25, -0.2) is 4.98 Å². The van der Waals surface area contributed by atoms with E-state index in [4.69, 9.17) is 0 Å². The fraction of sp³-hybridized carbons (Fsp3) is 0.0526. The van der Waals surface area contributed by atoms with Crippen LogP contribution in [0.1, 0.15) is 21.5 Å². The van der Waals surface area contributed by atoms with Gasteiger partial charge in [0.15, 0.2) is 5.72 Å². The maximum absolute atomic E-state index is 12.9. The number of pyridine rings is 1. The number of hydrogen-bond acceptors (Lipinski definition) is 3. The Hall–Kier alpha value is -2.98. The summed E-state index contributed by atoms with van der Waals surface area (Å²) < 4.78 is 0. The first-order valence-electron chi connectivity index (χ1n) is 7.36. The number of anilines is 1. The number of carbonyl (C=O) groups excluding carboxylic acids is 1. The highest BCUT2D eigenvalue weighted by Gasteiger charge is 2.51. The molecule has 0 radical (unpaired) electrons. The van der Waals surface area contributed by atoms with Crippen LogP contribution < -0.4 is 4.90 Å². The van der Waals surface area contributed by atoms with Crippen molar-refractivity contribution in [2.24, 2.45) is 0 Å². The summed E-state index contributed by atoms with van der Waals surface area (Å²) in [5, 5.41) is 11.6. The molecule has 0 spiro atoms. The molecule has 1 amide bonds. The van der Waals surface area contributed by atoms with E-state index in [0.717, 1.165) is 0 Å². The van der Waals surface area contributed by atoms with Crippen molar-refractivity contribution in [2.75, 3.05) is 4.90 Å². The Morgan fingerprint density at radius 1 is 0.870 bits per heavy atom. The van der Waals surface area contributed by atoms with E-state index in [2.05, 4.69) is 4.98 Å². The molecular formula is C19H14N2O2. The van der Waals surface area contributed by atoms with Crippen LogP contribution in [0.2, 0.25) is 0 Å². The van der Waals surface area contributed by atoms with Gasteiger partial charge in [-0.1, -0.05) is 54.6 Å². The second-order valence-electron chi connectivity index (χ2n) is 5.41. The Morgan fingerprint density at radius 3 is 2.30 bits per heavy atom. The highest BCUT2D eigenvalue weighted by Crippen LogP contribution is 2.43. The van der Waals surface area contributed by atoms with Crippen LogP contribution in [-0.4, -0.2) is 16.0 Å². The van der Waals surface area contributed by atoms with Crippen molar-refractivity contribution in [3.05, 3.63) is 95.7 Å². The topological polar surface area (TPSA) is 53.4 Å². The summed E-state index contributed by atoms with van der Waals surface area (Å²) in [5.41, 5.74) is 0.124. The molecule has 1 N–H and O–H groups in total. The van der Waals surface area contributed by atoms with Crippen molar-refractivity contribution < 1.29 is 9.90 Å². The number of benzene rings is 2. The van der Waals surface area contributed by atoms with Gasteiger partial charge in [0.2, 0.25) is 0 Å². The predicted octanol–water partition coefficient (Wildman–Crippen LogP) is 2.94. The summed E-state index contributed by atoms with van der Waals surface area (Å²) in [6, 6.07) is 21.6.